The first-order valence-electron chi connectivity index (χ1n) is 12.6. The Balaban J connectivity index is 1.30. The van der Waals surface area contributed by atoms with Crippen LogP contribution in [0.1, 0.15) is 45.5 Å². The highest BCUT2D eigenvalue weighted by molar-refractivity contribution is 5.34. The summed E-state index contributed by atoms with van der Waals surface area (Å²) in [4.78, 5) is 0. The standard InChI is InChI=1S/C34H32N2/c1-5-16-29(17-6-1)33(30-18-7-2-8-19-30)35-25-27-14-13-15-28(24-27)26-36-34(31-20-9-3-10-21-31)32-22-11-4-12-23-32/h1-24,33-36H,25-26H2. The molecule has 5 rings (SSSR count). The van der Waals surface area contributed by atoms with Crippen LogP contribution in [0.4, 0.5) is 0 Å². The molecule has 5 aromatic rings. The second-order valence-corrected chi connectivity index (χ2v) is 9.09. The topological polar surface area (TPSA) is 24.1 Å². The van der Waals surface area contributed by atoms with Crippen molar-refractivity contribution in [2.45, 2.75) is 25.2 Å². The first-order valence-corrected chi connectivity index (χ1v) is 12.6. The molecule has 0 saturated heterocycles. The zero-order valence-corrected chi connectivity index (χ0v) is 20.4. The molecule has 5 aromatic carbocycles. The third-order valence-corrected chi connectivity index (χ3v) is 6.54. The largest absolute Gasteiger partial charge is 0.302 e. The van der Waals surface area contributed by atoms with E-state index < -0.39 is 0 Å². The number of hydrogen-bond acceptors (Lipinski definition) is 2. The molecule has 0 unspecified atom stereocenters. The summed E-state index contributed by atoms with van der Waals surface area (Å²) >= 11 is 0. The molecule has 0 aliphatic carbocycles. The molecule has 0 fully saturated rings. The van der Waals surface area contributed by atoms with E-state index in [2.05, 4.69) is 156 Å². The lowest BCUT2D eigenvalue weighted by atomic mass is 9.98. The lowest BCUT2D eigenvalue weighted by Gasteiger charge is -2.21. The Morgan fingerprint density at radius 2 is 0.667 bits per heavy atom. The molecule has 0 radical (unpaired) electrons. The van der Waals surface area contributed by atoms with Gasteiger partial charge in [-0.3, -0.25) is 0 Å². The summed E-state index contributed by atoms with van der Waals surface area (Å²) in [7, 11) is 0. The first-order chi connectivity index (χ1) is 17.9. The van der Waals surface area contributed by atoms with E-state index >= 15 is 0 Å². The van der Waals surface area contributed by atoms with Gasteiger partial charge < -0.3 is 10.6 Å². The minimum Gasteiger partial charge on any atom is -0.302 e. The molecule has 36 heavy (non-hydrogen) atoms. The van der Waals surface area contributed by atoms with E-state index in [-0.39, 0.29) is 12.1 Å². The van der Waals surface area contributed by atoms with Gasteiger partial charge in [0.2, 0.25) is 0 Å². The molecule has 0 aliphatic heterocycles. The van der Waals surface area contributed by atoms with Gasteiger partial charge in [0.25, 0.3) is 0 Å². The summed E-state index contributed by atoms with van der Waals surface area (Å²) in [6.07, 6.45) is 0. The molecule has 178 valence electrons. The molecule has 0 heterocycles. The molecule has 0 aliphatic rings. The monoisotopic (exact) mass is 468 g/mol. The molecule has 0 bridgehead atoms. The van der Waals surface area contributed by atoms with E-state index in [0.29, 0.717) is 0 Å². The maximum Gasteiger partial charge on any atom is 0.0579 e. The Morgan fingerprint density at radius 3 is 0.972 bits per heavy atom. The fourth-order valence-corrected chi connectivity index (χ4v) is 4.73. The molecule has 0 aromatic heterocycles. The van der Waals surface area contributed by atoms with E-state index in [1.54, 1.807) is 0 Å². The van der Waals surface area contributed by atoms with Gasteiger partial charge in [-0.1, -0.05) is 146 Å². The summed E-state index contributed by atoms with van der Waals surface area (Å²) in [5.41, 5.74) is 7.65. The lowest BCUT2D eigenvalue weighted by Crippen LogP contribution is -2.23. The maximum absolute atomic E-state index is 3.79. The summed E-state index contributed by atoms with van der Waals surface area (Å²) in [6.45, 7) is 1.59. The number of benzene rings is 5. The van der Waals surface area contributed by atoms with E-state index in [9.17, 15) is 0 Å². The molecule has 0 amide bonds. The van der Waals surface area contributed by atoms with E-state index in [1.807, 2.05) is 0 Å². The van der Waals surface area contributed by atoms with Crippen LogP contribution in [-0.4, -0.2) is 0 Å². The van der Waals surface area contributed by atoms with Gasteiger partial charge in [-0.25, -0.2) is 0 Å². The van der Waals surface area contributed by atoms with Gasteiger partial charge in [-0.05, 0) is 33.4 Å². The second kappa shape index (κ2) is 12.1. The lowest BCUT2D eigenvalue weighted by molar-refractivity contribution is 0.597. The van der Waals surface area contributed by atoms with Gasteiger partial charge in [0.1, 0.15) is 0 Å². The van der Waals surface area contributed by atoms with Crippen LogP contribution in [0, 0.1) is 0 Å². The van der Waals surface area contributed by atoms with E-state index in [4.69, 9.17) is 0 Å². The Bertz CT molecular complexity index is 1140. The van der Waals surface area contributed by atoms with Crippen LogP contribution in [-0.2, 0) is 13.1 Å². The quantitative estimate of drug-likeness (QED) is 0.222. The number of hydrogen-bond donors (Lipinski definition) is 2. The fourth-order valence-electron chi connectivity index (χ4n) is 4.73. The van der Waals surface area contributed by atoms with Crippen molar-refractivity contribution < 1.29 is 0 Å². The molecule has 2 heteroatoms. The molecule has 2 N–H and O–H groups in total. The van der Waals surface area contributed by atoms with Crippen molar-refractivity contribution in [3.63, 3.8) is 0 Å². The Hall–Kier alpha value is -3.98. The zero-order chi connectivity index (χ0) is 24.4. The number of nitrogens with one attached hydrogen (secondary N) is 2. The van der Waals surface area contributed by atoms with Gasteiger partial charge in [-0.15, -0.1) is 0 Å². The van der Waals surface area contributed by atoms with Crippen LogP contribution in [0.25, 0.3) is 0 Å². The van der Waals surface area contributed by atoms with E-state index in [1.165, 1.54) is 33.4 Å². The highest BCUT2D eigenvalue weighted by Gasteiger charge is 2.15. The van der Waals surface area contributed by atoms with Gasteiger partial charge in [-0.2, -0.15) is 0 Å². The van der Waals surface area contributed by atoms with Crippen molar-refractivity contribution >= 4 is 0 Å². The van der Waals surface area contributed by atoms with Crippen molar-refractivity contribution in [3.05, 3.63) is 179 Å². The minimum absolute atomic E-state index is 0.148. The second-order valence-electron chi connectivity index (χ2n) is 9.09. The van der Waals surface area contributed by atoms with Crippen LogP contribution in [0.5, 0.6) is 0 Å². The number of rotatable bonds is 10. The van der Waals surface area contributed by atoms with Crippen molar-refractivity contribution in [1.29, 1.82) is 0 Å². The van der Waals surface area contributed by atoms with Crippen LogP contribution in [0.2, 0.25) is 0 Å². The van der Waals surface area contributed by atoms with Crippen molar-refractivity contribution in [2.75, 3.05) is 0 Å². The van der Waals surface area contributed by atoms with Gasteiger partial charge in [0, 0.05) is 13.1 Å². The average molecular weight is 469 g/mol. The third kappa shape index (κ3) is 6.17. The van der Waals surface area contributed by atoms with Crippen LogP contribution < -0.4 is 10.6 Å². The van der Waals surface area contributed by atoms with Gasteiger partial charge in [0.15, 0.2) is 0 Å². The molecule has 0 spiro atoms. The summed E-state index contributed by atoms with van der Waals surface area (Å²) < 4.78 is 0. The highest BCUT2D eigenvalue weighted by atomic mass is 14.9. The Morgan fingerprint density at radius 1 is 0.361 bits per heavy atom. The first kappa shape index (κ1) is 23.7. The van der Waals surface area contributed by atoms with Gasteiger partial charge in [0.05, 0.1) is 12.1 Å². The summed E-state index contributed by atoms with van der Waals surface area (Å²) in [5, 5.41) is 7.58. The van der Waals surface area contributed by atoms with E-state index in [0.717, 1.165) is 13.1 Å². The predicted molar refractivity (Wildman–Crippen MR) is 150 cm³/mol. The third-order valence-electron chi connectivity index (χ3n) is 6.54. The molecule has 0 atom stereocenters. The Labute approximate surface area is 214 Å². The van der Waals surface area contributed by atoms with Crippen LogP contribution >= 0.6 is 0 Å². The average Bonchev–Trinajstić information content (AvgIpc) is 2.96. The van der Waals surface area contributed by atoms with Crippen molar-refractivity contribution in [3.8, 4) is 0 Å². The molecular formula is C34H32N2. The fraction of sp³-hybridized carbons (Fsp3) is 0.118. The smallest absolute Gasteiger partial charge is 0.0579 e. The maximum atomic E-state index is 3.79. The zero-order valence-electron chi connectivity index (χ0n) is 20.4. The summed E-state index contributed by atoms with van der Waals surface area (Å²) in [6, 6.07) is 51.8. The molecule has 0 saturated carbocycles. The van der Waals surface area contributed by atoms with Crippen LogP contribution in [0.3, 0.4) is 0 Å². The molecule has 2 nitrogen and oxygen atoms in total. The molecular weight excluding hydrogens is 436 g/mol. The summed E-state index contributed by atoms with van der Waals surface area (Å²) in [5.74, 6) is 0. The Kier molecular flexibility index (Phi) is 8.00. The van der Waals surface area contributed by atoms with Gasteiger partial charge >= 0.3 is 0 Å². The highest BCUT2D eigenvalue weighted by Crippen LogP contribution is 2.24. The van der Waals surface area contributed by atoms with Crippen molar-refractivity contribution in [2.24, 2.45) is 0 Å². The van der Waals surface area contributed by atoms with Crippen LogP contribution in [0.15, 0.2) is 146 Å². The minimum atomic E-state index is 0.148. The van der Waals surface area contributed by atoms with Crippen molar-refractivity contribution in [1.82, 2.24) is 10.6 Å². The predicted octanol–water partition coefficient (Wildman–Crippen LogP) is 7.45. The normalized spacial score (nSPS) is 11.2. The SMILES string of the molecule is c1ccc(C(NCc2cccc(CNC(c3ccccc3)c3ccccc3)c2)c2ccccc2)cc1.